The maximum absolute atomic E-state index is 9.81. The molecule has 0 radical (unpaired) electrons. The van der Waals surface area contributed by atoms with Crippen LogP contribution in [0.25, 0.3) is 0 Å². The van der Waals surface area contributed by atoms with Gasteiger partial charge in [0, 0.05) is 0 Å². The molecule has 0 spiro atoms. The van der Waals surface area contributed by atoms with Crippen molar-refractivity contribution in [2.75, 3.05) is 6.61 Å². The highest BCUT2D eigenvalue weighted by molar-refractivity contribution is 6.31. The van der Waals surface area contributed by atoms with Gasteiger partial charge in [0.2, 0.25) is 0 Å². The average molecular weight is 271 g/mol. The summed E-state index contributed by atoms with van der Waals surface area (Å²) in [5, 5.41) is 14.5. The Morgan fingerprint density at radius 3 is 3.06 bits per heavy atom. The number of hydrogen-bond acceptors (Lipinski definition) is 4. The molecule has 2 aromatic rings. The van der Waals surface area contributed by atoms with E-state index in [9.17, 15) is 5.11 Å². The van der Waals surface area contributed by atoms with Gasteiger partial charge >= 0.3 is 0 Å². The predicted octanol–water partition coefficient (Wildman–Crippen LogP) is 2.02. The minimum atomic E-state index is -0.630. The molecule has 0 aliphatic heterocycles. The minimum Gasteiger partial charge on any atom is -0.467 e. The molecule has 1 atom stereocenters. The first-order valence-electron chi connectivity index (χ1n) is 5.63. The van der Waals surface area contributed by atoms with Gasteiger partial charge in [0.15, 0.2) is 0 Å². The van der Waals surface area contributed by atoms with Crippen LogP contribution in [0.1, 0.15) is 11.5 Å². The fraction of sp³-hybridized carbons (Fsp3) is 0.417. The second-order valence-corrected chi connectivity index (χ2v) is 4.42. The van der Waals surface area contributed by atoms with Gasteiger partial charge in [0.05, 0.1) is 42.4 Å². The van der Waals surface area contributed by atoms with Crippen LogP contribution in [0.15, 0.2) is 29.0 Å². The third-order valence-corrected chi connectivity index (χ3v) is 2.93. The van der Waals surface area contributed by atoms with Crippen LogP contribution < -0.4 is 0 Å². The largest absolute Gasteiger partial charge is 0.467 e. The lowest BCUT2D eigenvalue weighted by Crippen LogP contribution is -2.23. The van der Waals surface area contributed by atoms with E-state index in [4.69, 9.17) is 20.8 Å². The number of ether oxygens (including phenoxy) is 1. The molecule has 1 N–H and O–H groups in total. The zero-order valence-electron chi connectivity index (χ0n) is 10.0. The number of aliphatic hydroxyl groups excluding tert-OH is 1. The zero-order chi connectivity index (χ0) is 13.0. The van der Waals surface area contributed by atoms with Crippen LogP contribution in [0.3, 0.4) is 0 Å². The van der Waals surface area contributed by atoms with Gasteiger partial charge < -0.3 is 14.3 Å². The van der Waals surface area contributed by atoms with Crippen molar-refractivity contribution in [1.82, 2.24) is 9.78 Å². The summed E-state index contributed by atoms with van der Waals surface area (Å²) in [6.45, 7) is 2.78. The summed E-state index contributed by atoms with van der Waals surface area (Å²) < 4.78 is 12.1. The third kappa shape index (κ3) is 3.35. The topological polar surface area (TPSA) is 60.4 Å². The molecular weight excluding hydrogens is 256 g/mol. The lowest BCUT2D eigenvalue weighted by Gasteiger charge is -2.12. The van der Waals surface area contributed by atoms with E-state index in [2.05, 4.69) is 5.10 Å². The molecule has 0 bridgehead atoms. The molecule has 0 saturated carbocycles. The van der Waals surface area contributed by atoms with Gasteiger partial charge in [-0.05, 0) is 19.1 Å². The van der Waals surface area contributed by atoms with E-state index < -0.39 is 6.10 Å². The molecular formula is C12H15ClN2O3. The Balaban J connectivity index is 1.75. The second-order valence-electron chi connectivity index (χ2n) is 4.01. The molecule has 0 fully saturated rings. The molecule has 2 heterocycles. The molecule has 1 unspecified atom stereocenters. The van der Waals surface area contributed by atoms with Crippen LogP contribution in [-0.2, 0) is 17.9 Å². The maximum atomic E-state index is 9.81. The number of rotatable bonds is 6. The van der Waals surface area contributed by atoms with E-state index in [1.165, 1.54) is 0 Å². The number of nitrogens with zero attached hydrogens (tertiary/aromatic N) is 2. The fourth-order valence-electron chi connectivity index (χ4n) is 1.55. The molecule has 2 aromatic heterocycles. The van der Waals surface area contributed by atoms with E-state index in [0.717, 1.165) is 11.5 Å². The van der Waals surface area contributed by atoms with Gasteiger partial charge in [0.1, 0.15) is 12.4 Å². The number of hydrogen-bond donors (Lipinski definition) is 1. The SMILES string of the molecule is Cc1c(Cl)cnn1CC(O)COCc1ccco1. The number of aromatic nitrogens is 2. The van der Waals surface area contributed by atoms with Crippen molar-refractivity contribution in [2.45, 2.75) is 26.2 Å². The minimum absolute atomic E-state index is 0.220. The smallest absolute Gasteiger partial charge is 0.129 e. The molecule has 2 rings (SSSR count). The lowest BCUT2D eigenvalue weighted by atomic mass is 10.3. The summed E-state index contributed by atoms with van der Waals surface area (Å²) in [7, 11) is 0. The lowest BCUT2D eigenvalue weighted by molar-refractivity contribution is 0.0129. The molecule has 0 saturated heterocycles. The Morgan fingerprint density at radius 1 is 1.61 bits per heavy atom. The summed E-state index contributed by atoms with van der Waals surface area (Å²) >= 11 is 5.88. The van der Waals surface area contributed by atoms with Gasteiger partial charge in [-0.2, -0.15) is 5.10 Å². The Labute approximate surface area is 110 Å². The quantitative estimate of drug-likeness (QED) is 0.872. The first kappa shape index (κ1) is 13.1. The number of furan rings is 1. The first-order chi connectivity index (χ1) is 8.66. The van der Waals surface area contributed by atoms with Gasteiger partial charge in [-0.15, -0.1) is 0 Å². The van der Waals surface area contributed by atoms with Crippen LogP contribution >= 0.6 is 11.6 Å². The Morgan fingerprint density at radius 2 is 2.44 bits per heavy atom. The highest BCUT2D eigenvalue weighted by atomic mass is 35.5. The van der Waals surface area contributed by atoms with Crippen LogP contribution in [0.4, 0.5) is 0 Å². The van der Waals surface area contributed by atoms with Crippen molar-refractivity contribution in [3.8, 4) is 0 Å². The van der Waals surface area contributed by atoms with Gasteiger partial charge in [-0.3, -0.25) is 4.68 Å². The monoisotopic (exact) mass is 270 g/mol. The first-order valence-corrected chi connectivity index (χ1v) is 6.00. The standard InChI is InChI=1S/C12H15ClN2O3/c1-9-12(13)5-14-15(9)6-10(16)7-17-8-11-3-2-4-18-11/h2-5,10,16H,6-8H2,1H3. The molecule has 98 valence electrons. The van der Waals surface area contributed by atoms with Crippen molar-refractivity contribution in [1.29, 1.82) is 0 Å². The van der Waals surface area contributed by atoms with E-state index in [-0.39, 0.29) is 6.61 Å². The van der Waals surface area contributed by atoms with Crippen LogP contribution in [0.2, 0.25) is 5.02 Å². The van der Waals surface area contributed by atoms with Crippen molar-refractivity contribution in [3.05, 3.63) is 41.1 Å². The zero-order valence-corrected chi connectivity index (χ0v) is 10.8. The molecule has 18 heavy (non-hydrogen) atoms. The van der Waals surface area contributed by atoms with E-state index in [1.54, 1.807) is 23.2 Å². The fourth-order valence-corrected chi connectivity index (χ4v) is 1.69. The van der Waals surface area contributed by atoms with Crippen LogP contribution in [-0.4, -0.2) is 27.6 Å². The highest BCUT2D eigenvalue weighted by Crippen LogP contribution is 2.13. The van der Waals surface area contributed by atoms with Crippen molar-refractivity contribution < 1.29 is 14.3 Å². The summed E-state index contributed by atoms with van der Waals surface area (Å²) in [6, 6.07) is 3.62. The summed E-state index contributed by atoms with van der Waals surface area (Å²) in [6.07, 6.45) is 2.52. The van der Waals surface area contributed by atoms with E-state index in [0.29, 0.717) is 18.2 Å². The van der Waals surface area contributed by atoms with Gasteiger partial charge in [0.25, 0.3) is 0 Å². The van der Waals surface area contributed by atoms with Crippen molar-refractivity contribution in [2.24, 2.45) is 0 Å². The highest BCUT2D eigenvalue weighted by Gasteiger charge is 2.10. The molecule has 5 nitrogen and oxygen atoms in total. The molecule has 0 aromatic carbocycles. The van der Waals surface area contributed by atoms with E-state index >= 15 is 0 Å². The second kappa shape index (κ2) is 6.04. The number of halogens is 1. The molecule has 0 aliphatic rings. The Bertz CT molecular complexity index is 481. The van der Waals surface area contributed by atoms with Crippen molar-refractivity contribution in [3.63, 3.8) is 0 Å². The third-order valence-electron chi connectivity index (χ3n) is 2.56. The summed E-state index contributed by atoms with van der Waals surface area (Å²) in [5.74, 6) is 0.737. The van der Waals surface area contributed by atoms with Crippen LogP contribution in [0.5, 0.6) is 0 Å². The predicted molar refractivity (Wildman–Crippen MR) is 66.3 cm³/mol. The maximum Gasteiger partial charge on any atom is 0.129 e. The molecule has 0 amide bonds. The average Bonchev–Trinajstić information content (AvgIpc) is 2.95. The van der Waals surface area contributed by atoms with Gasteiger partial charge in [-0.25, -0.2) is 0 Å². The summed E-state index contributed by atoms with van der Waals surface area (Å²) in [5.41, 5.74) is 0.835. The molecule has 6 heteroatoms. The van der Waals surface area contributed by atoms with Gasteiger partial charge in [-0.1, -0.05) is 11.6 Å². The van der Waals surface area contributed by atoms with Crippen LogP contribution in [0, 0.1) is 6.92 Å². The molecule has 0 aliphatic carbocycles. The van der Waals surface area contributed by atoms with E-state index in [1.807, 2.05) is 13.0 Å². The van der Waals surface area contributed by atoms with Crippen molar-refractivity contribution >= 4 is 11.6 Å². The Hall–Kier alpha value is -1.30. The normalized spacial score (nSPS) is 12.8. The summed E-state index contributed by atoms with van der Waals surface area (Å²) in [4.78, 5) is 0. The Kier molecular flexibility index (Phi) is 4.41. The number of aliphatic hydroxyl groups is 1.